The molecule has 3 aromatic rings. The zero-order valence-corrected chi connectivity index (χ0v) is 23.9. The van der Waals surface area contributed by atoms with Crippen LogP contribution in [0.2, 0.25) is 0 Å². The number of halogens is 1. The number of hydrogen-bond acceptors (Lipinski definition) is 7. The number of likely N-dealkylation sites (N-methyl/N-ethyl adjacent to an activating group) is 1. The molecule has 3 amide bonds. The van der Waals surface area contributed by atoms with E-state index in [0.717, 1.165) is 4.31 Å². The van der Waals surface area contributed by atoms with Crippen molar-refractivity contribution in [3.8, 4) is 5.75 Å². The van der Waals surface area contributed by atoms with Crippen LogP contribution in [0.25, 0.3) is 0 Å². The van der Waals surface area contributed by atoms with Crippen LogP contribution in [0.4, 0.5) is 20.6 Å². The first-order valence-corrected chi connectivity index (χ1v) is 14.3. The Morgan fingerprint density at radius 1 is 1.24 bits per heavy atom. The van der Waals surface area contributed by atoms with Crippen molar-refractivity contribution in [2.45, 2.75) is 31.0 Å². The van der Waals surface area contributed by atoms with E-state index >= 15 is 0 Å². The lowest BCUT2D eigenvalue weighted by atomic mass is 9.99. The Morgan fingerprint density at radius 2 is 1.95 bits per heavy atom. The maximum absolute atomic E-state index is 13.6. The Kier molecular flexibility index (Phi) is 8.95. The predicted molar refractivity (Wildman–Crippen MR) is 150 cm³/mol. The molecule has 4 rings (SSSR count). The molecule has 12 nitrogen and oxygen atoms in total. The average molecular weight is 589 g/mol. The van der Waals surface area contributed by atoms with Crippen LogP contribution >= 0.6 is 0 Å². The van der Waals surface area contributed by atoms with Gasteiger partial charge in [0.15, 0.2) is 10.8 Å². The van der Waals surface area contributed by atoms with E-state index in [0.29, 0.717) is 5.69 Å². The summed E-state index contributed by atoms with van der Waals surface area (Å²) in [6.45, 7) is 3.33. The minimum absolute atomic E-state index is 0.0575. The van der Waals surface area contributed by atoms with E-state index in [-0.39, 0.29) is 47.6 Å². The Balaban J connectivity index is 1.68. The molecule has 0 fully saturated rings. The van der Waals surface area contributed by atoms with Crippen molar-refractivity contribution in [2.24, 2.45) is 13.0 Å². The van der Waals surface area contributed by atoms with E-state index < -0.39 is 39.9 Å². The average Bonchev–Trinajstić information content (AvgIpc) is 3.38. The number of nitrogens with zero attached hydrogens (tertiary/aromatic N) is 4. The highest BCUT2D eigenvalue weighted by atomic mass is 32.2. The summed E-state index contributed by atoms with van der Waals surface area (Å²) in [7, 11) is -0.877. The Bertz CT molecular complexity index is 1510. The summed E-state index contributed by atoms with van der Waals surface area (Å²) in [5.41, 5.74) is 0.647. The second-order valence-electron chi connectivity index (χ2n) is 10.1. The summed E-state index contributed by atoms with van der Waals surface area (Å²) in [5, 5.41) is 15.0. The van der Waals surface area contributed by atoms with E-state index in [1.165, 1.54) is 53.3 Å². The number of nitrogens with one attached hydrogen (secondary N) is 2. The number of anilines is 2. The van der Waals surface area contributed by atoms with E-state index in [9.17, 15) is 27.5 Å². The number of urea groups is 1. The van der Waals surface area contributed by atoms with Crippen LogP contribution in [0.1, 0.15) is 24.2 Å². The van der Waals surface area contributed by atoms with Gasteiger partial charge in [-0.25, -0.2) is 22.6 Å². The molecule has 0 unspecified atom stereocenters. The molecule has 41 heavy (non-hydrogen) atoms. The monoisotopic (exact) mass is 588 g/mol. The molecule has 0 aliphatic carbocycles. The summed E-state index contributed by atoms with van der Waals surface area (Å²) >= 11 is 0. The van der Waals surface area contributed by atoms with Gasteiger partial charge in [-0.2, -0.15) is 4.31 Å². The third-order valence-electron chi connectivity index (χ3n) is 6.83. The fourth-order valence-corrected chi connectivity index (χ4v) is 5.55. The van der Waals surface area contributed by atoms with Gasteiger partial charge in [-0.1, -0.05) is 13.0 Å². The molecule has 0 saturated heterocycles. The lowest BCUT2D eigenvalue weighted by Gasteiger charge is -2.38. The quantitative estimate of drug-likeness (QED) is 0.367. The number of para-hydroxylation sites is 1. The number of carbonyl (C=O) groups is 2. The molecule has 14 heteroatoms. The highest BCUT2D eigenvalue weighted by Gasteiger charge is 2.36. The molecule has 3 atom stereocenters. The molecule has 1 aromatic heterocycles. The van der Waals surface area contributed by atoms with Gasteiger partial charge in [0.1, 0.15) is 11.9 Å². The second kappa shape index (κ2) is 12.2. The van der Waals surface area contributed by atoms with Crippen LogP contribution in [0, 0.1) is 11.7 Å². The number of amides is 3. The minimum atomic E-state index is -3.96. The molecular formula is C27H33FN6O6S. The minimum Gasteiger partial charge on any atom is -0.486 e. The van der Waals surface area contributed by atoms with Gasteiger partial charge in [-0.05, 0) is 43.3 Å². The Hall–Kier alpha value is -4.01. The number of aromatic nitrogens is 2. The summed E-state index contributed by atoms with van der Waals surface area (Å²) < 4.78 is 48.7. The molecule has 0 radical (unpaired) electrons. The third-order valence-corrected chi connectivity index (χ3v) is 8.54. The van der Waals surface area contributed by atoms with Crippen molar-refractivity contribution in [1.82, 2.24) is 18.8 Å². The van der Waals surface area contributed by atoms with Crippen molar-refractivity contribution < 1.29 is 32.2 Å². The van der Waals surface area contributed by atoms with Crippen molar-refractivity contribution in [3.63, 3.8) is 0 Å². The first-order valence-electron chi connectivity index (χ1n) is 12.9. The van der Waals surface area contributed by atoms with Gasteiger partial charge in [0.25, 0.3) is 15.9 Å². The summed E-state index contributed by atoms with van der Waals surface area (Å²) in [5.74, 6) is -1.20. The largest absolute Gasteiger partial charge is 0.486 e. The van der Waals surface area contributed by atoms with Gasteiger partial charge in [0, 0.05) is 38.4 Å². The van der Waals surface area contributed by atoms with Crippen LogP contribution in [0.15, 0.2) is 60.0 Å². The fraction of sp³-hybridized carbons (Fsp3) is 0.370. The number of imidazole rings is 1. The van der Waals surface area contributed by atoms with Gasteiger partial charge in [-0.3, -0.25) is 4.79 Å². The van der Waals surface area contributed by atoms with Gasteiger partial charge < -0.3 is 29.9 Å². The summed E-state index contributed by atoms with van der Waals surface area (Å²) in [6, 6.07) is 8.66. The van der Waals surface area contributed by atoms with E-state index in [1.807, 2.05) is 6.92 Å². The number of fused-ring (bicyclic) bond motifs is 1. The van der Waals surface area contributed by atoms with Crippen LogP contribution in [0.3, 0.4) is 0 Å². The van der Waals surface area contributed by atoms with E-state index in [4.69, 9.17) is 4.74 Å². The normalized spacial score (nSPS) is 18.2. The number of aliphatic hydroxyl groups excluding tert-OH is 1. The molecule has 0 spiro atoms. The highest BCUT2D eigenvalue weighted by molar-refractivity contribution is 7.89. The maximum Gasteiger partial charge on any atom is 0.323 e. The van der Waals surface area contributed by atoms with Crippen molar-refractivity contribution in [2.75, 3.05) is 37.4 Å². The van der Waals surface area contributed by atoms with Crippen molar-refractivity contribution >= 4 is 33.3 Å². The molecule has 1 aliphatic rings. The first kappa shape index (κ1) is 30.0. The number of carbonyl (C=O) groups excluding carboxylic acids is 2. The van der Waals surface area contributed by atoms with E-state index in [2.05, 4.69) is 15.6 Å². The van der Waals surface area contributed by atoms with Crippen molar-refractivity contribution in [1.29, 1.82) is 0 Å². The predicted octanol–water partition coefficient (Wildman–Crippen LogP) is 2.74. The number of benzene rings is 2. The zero-order chi connectivity index (χ0) is 29.9. The number of rotatable bonds is 8. The lowest BCUT2D eigenvalue weighted by molar-refractivity contribution is 0.0389. The number of ether oxygens (including phenoxy) is 1. The summed E-state index contributed by atoms with van der Waals surface area (Å²) in [4.78, 5) is 31.9. The third kappa shape index (κ3) is 6.66. The fourth-order valence-electron chi connectivity index (χ4n) is 4.41. The van der Waals surface area contributed by atoms with Crippen molar-refractivity contribution in [3.05, 3.63) is 66.4 Å². The number of hydrogen-bond donors (Lipinski definition) is 3. The second-order valence-corrected chi connectivity index (χ2v) is 12.0. The molecule has 0 saturated carbocycles. The van der Waals surface area contributed by atoms with Crippen LogP contribution in [-0.4, -0.2) is 83.1 Å². The van der Waals surface area contributed by atoms with Gasteiger partial charge in [0.2, 0.25) is 0 Å². The number of aliphatic hydroxyl groups is 1. The van der Waals surface area contributed by atoms with Gasteiger partial charge in [0.05, 0.1) is 36.8 Å². The highest BCUT2D eigenvalue weighted by Crippen LogP contribution is 2.35. The molecule has 2 aromatic carbocycles. The molecule has 3 N–H and O–H groups in total. The number of aryl methyl sites for hydroxylation is 1. The van der Waals surface area contributed by atoms with Crippen LogP contribution in [-0.2, 0) is 17.1 Å². The maximum atomic E-state index is 13.6. The smallest absolute Gasteiger partial charge is 0.323 e. The SMILES string of the molecule is C[C@@H]1CN([C@H](C)CO)C(=O)c2cccc(NC(=O)Nc3ccc(F)cc3)c2O[C@@H]1CN(C)S(=O)(=O)c1cn(C)cn1. The molecule has 2 heterocycles. The summed E-state index contributed by atoms with van der Waals surface area (Å²) in [6.07, 6.45) is 2.02. The molecule has 1 aliphatic heterocycles. The molecule has 0 bridgehead atoms. The lowest BCUT2D eigenvalue weighted by Crippen LogP contribution is -2.50. The van der Waals surface area contributed by atoms with Gasteiger partial charge in [-0.15, -0.1) is 0 Å². The molecule has 220 valence electrons. The molecular weight excluding hydrogens is 555 g/mol. The van der Waals surface area contributed by atoms with Gasteiger partial charge >= 0.3 is 6.03 Å². The topological polar surface area (TPSA) is 146 Å². The Morgan fingerprint density at radius 3 is 2.59 bits per heavy atom. The van der Waals surface area contributed by atoms with E-state index in [1.54, 1.807) is 32.2 Å². The first-order chi connectivity index (χ1) is 19.4. The zero-order valence-electron chi connectivity index (χ0n) is 23.1. The van der Waals surface area contributed by atoms with Crippen LogP contribution in [0.5, 0.6) is 5.75 Å². The Labute approximate surface area is 237 Å². The standard InChI is InChI=1S/C27H33FN6O6S/c1-17-12-34(18(2)15-35)26(36)21-6-5-7-22(31-27(37)30-20-10-8-19(28)9-11-20)25(21)40-23(17)13-33(4)41(38,39)24-14-32(3)16-29-24/h5-11,14,16-18,23,35H,12-13,15H2,1-4H3,(H2,30,31,37)/t17-,18-,23-/m1/s1. The number of sulfonamides is 1. The van der Waals surface area contributed by atoms with Crippen LogP contribution < -0.4 is 15.4 Å².